The van der Waals surface area contributed by atoms with Gasteiger partial charge in [-0.15, -0.1) is 0 Å². The Balaban J connectivity index is 1.45. The summed E-state index contributed by atoms with van der Waals surface area (Å²) in [6.07, 6.45) is 8.57. The van der Waals surface area contributed by atoms with E-state index in [1.165, 1.54) is 51.6 Å². The quantitative estimate of drug-likeness (QED) is 0.827. The zero-order valence-electron chi connectivity index (χ0n) is 12.7. The van der Waals surface area contributed by atoms with Crippen LogP contribution in [-0.4, -0.2) is 48.8 Å². The van der Waals surface area contributed by atoms with Crippen molar-refractivity contribution in [3.63, 3.8) is 0 Å². The highest BCUT2D eigenvalue weighted by molar-refractivity contribution is 4.98. The van der Waals surface area contributed by atoms with E-state index in [2.05, 4.69) is 24.1 Å². The van der Waals surface area contributed by atoms with Crippen molar-refractivity contribution >= 4 is 0 Å². The molecule has 2 unspecified atom stereocenters. The largest absolute Gasteiger partial charge is 0.378 e. The molecule has 0 aromatic carbocycles. The van der Waals surface area contributed by atoms with Crippen LogP contribution in [0.3, 0.4) is 0 Å². The minimum atomic E-state index is 0.321. The summed E-state index contributed by atoms with van der Waals surface area (Å²) in [5.41, 5.74) is 0.321. The van der Waals surface area contributed by atoms with E-state index in [1.54, 1.807) is 0 Å². The van der Waals surface area contributed by atoms with Gasteiger partial charge in [0.05, 0.1) is 6.10 Å². The predicted molar refractivity (Wildman–Crippen MR) is 78.4 cm³/mol. The van der Waals surface area contributed by atoms with Crippen LogP contribution in [0.2, 0.25) is 0 Å². The SMILES string of the molecule is CC1(C)CNC(C2CC2)CN1CCCC1CCCO1. The molecule has 2 atom stereocenters. The Hall–Kier alpha value is -0.120. The lowest BCUT2D eigenvalue weighted by Crippen LogP contribution is -2.62. The van der Waals surface area contributed by atoms with E-state index >= 15 is 0 Å². The molecule has 0 aromatic rings. The molecule has 3 fully saturated rings. The van der Waals surface area contributed by atoms with E-state index in [0.717, 1.165) is 25.1 Å². The smallest absolute Gasteiger partial charge is 0.0576 e. The van der Waals surface area contributed by atoms with Crippen molar-refractivity contribution in [2.24, 2.45) is 5.92 Å². The summed E-state index contributed by atoms with van der Waals surface area (Å²) >= 11 is 0. The van der Waals surface area contributed by atoms with Gasteiger partial charge in [-0.2, -0.15) is 0 Å². The molecule has 3 heteroatoms. The van der Waals surface area contributed by atoms with Crippen LogP contribution in [0.5, 0.6) is 0 Å². The number of piperazine rings is 1. The molecule has 2 heterocycles. The van der Waals surface area contributed by atoms with Gasteiger partial charge in [-0.3, -0.25) is 4.90 Å². The Labute approximate surface area is 118 Å². The topological polar surface area (TPSA) is 24.5 Å². The van der Waals surface area contributed by atoms with Gasteiger partial charge in [0.1, 0.15) is 0 Å². The Morgan fingerprint density at radius 1 is 1.26 bits per heavy atom. The molecule has 110 valence electrons. The highest BCUT2D eigenvalue weighted by Gasteiger charge is 2.40. The van der Waals surface area contributed by atoms with E-state index < -0.39 is 0 Å². The monoisotopic (exact) mass is 266 g/mol. The molecule has 1 saturated carbocycles. The fourth-order valence-corrected chi connectivity index (χ4v) is 3.63. The van der Waals surface area contributed by atoms with Crippen molar-refractivity contribution in [2.75, 3.05) is 26.2 Å². The van der Waals surface area contributed by atoms with Crippen LogP contribution >= 0.6 is 0 Å². The summed E-state index contributed by atoms with van der Waals surface area (Å²) in [5.74, 6) is 0.969. The lowest BCUT2D eigenvalue weighted by atomic mass is 9.95. The minimum absolute atomic E-state index is 0.321. The molecule has 0 amide bonds. The first kappa shape index (κ1) is 13.8. The van der Waals surface area contributed by atoms with Crippen molar-refractivity contribution in [2.45, 2.75) is 70.1 Å². The normalized spacial score (nSPS) is 35.7. The molecule has 2 saturated heterocycles. The second kappa shape index (κ2) is 5.71. The van der Waals surface area contributed by atoms with Gasteiger partial charge >= 0.3 is 0 Å². The highest BCUT2D eigenvalue weighted by Crippen LogP contribution is 2.35. The Morgan fingerprint density at radius 3 is 2.79 bits per heavy atom. The summed E-state index contributed by atoms with van der Waals surface area (Å²) < 4.78 is 5.73. The van der Waals surface area contributed by atoms with E-state index in [4.69, 9.17) is 4.74 Å². The third-order valence-electron chi connectivity index (χ3n) is 5.24. The molecule has 1 N–H and O–H groups in total. The molecule has 0 radical (unpaired) electrons. The number of nitrogens with zero attached hydrogens (tertiary/aromatic N) is 1. The molecule has 0 bridgehead atoms. The first-order chi connectivity index (χ1) is 9.15. The second-order valence-corrected chi connectivity index (χ2v) is 7.36. The van der Waals surface area contributed by atoms with Crippen molar-refractivity contribution in [3.8, 4) is 0 Å². The van der Waals surface area contributed by atoms with Gasteiger partial charge in [-0.1, -0.05) is 0 Å². The van der Waals surface area contributed by atoms with Crippen molar-refractivity contribution < 1.29 is 4.74 Å². The van der Waals surface area contributed by atoms with E-state index in [9.17, 15) is 0 Å². The fourth-order valence-electron chi connectivity index (χ4n) is 3.63. The highest BCUT2D eigenvalue weighted by atomic mass is 16.5. The summed E-state index contributed by atoms with van der Waals surface area (Å²) in [5, 5.41) is 3.77. The average Bonchev–Trinajstić information content (AvgIpc) is 3.09. The van der Waals surface area contributed by atoms with Crippen molar-refractivity contribution in [1.29, 1.82) is 0 Å². The maximum Gasteiger partial charge on any atom is 0.0576 e. The van der Waals surface area contributed by atoms with Gasteiger partial charge in [-0.05, 0) is 64.8 Å². The van der Waals surface area contributed by atoms with Gasteiger partial charge in [0.25, 0.3) is 0 Å². The number of hydrogen-bond acceptors (Lipinski definition) is 3. The fraction of sp³-hybridized carbons (Fsp3) is 1.00. The van der Waals surface area contributed by atoms with Crippen LogP contribution in [0.25, 0.3) is 0 Å². The zero-order chi connectivity index (χ0) is 13.3. The van der Waals surface area contributed by atoms with Gasteiger partial charge in [0.2, 0.25) is 0 Å². The van der Waals surface area contributed by atoms with Crippen LogP contribution in [-0.2, 0) is 4.74 Å². The molecule has 0 aromatic heterocycles. The summed E-state index contributed by atoms with van der Waals surface area (Å²) in [7, 11) is 0. The third kappa shape index (κ3) is 3.50. The molecular formula is C16H30N2O. The van der Waals surface area contributed by atoms with Gasteiger partial charge in [0.15, 0.2) is 0 Å². The standard InChI is InChI=1S/C16H30N2O/c1-16(2)12-17-15(13-7-8-13)11-18(16)9-3-5-14-6-4-10-19-14/h13-15,17H,3-12H2,1-2H3. The van der Waals surface area contributed by atoms with Crippen molar-refractivity contribution in [3.05, 3.63) is 0 Å². The summed E-state index contributed by atoms with van der Waals surface area (Å²) in [4.78, 5) is 2.72. The predicted octanol–water partition coefficient (Wildman–Crippen LogP) is 2.41. The van der Waals surface area contributed by atoms with Crippen molar-refractivity contribution in [1.82, 2.24) is 10.2 Å². The van der Waals surface area contributed by atoms with Crippen LogP contribution in [0.4, 0.5) is 0 Å². The number of ether oxygens (including phenoxy) is 1. The van der Waals surface area contributed by atoms with E-state index in [0.29, 0.717) is 11.6 Å². The van der Waals surface area contributed by atoms with Gasteiger partial charge < -0.3 is 10.1 Å². The van der Waals surface area contributed by atoms with E-state index in [-0.39, 0.29) is 0 Å². The van der Waals surface area contributed by atoms with Crippen LogP contribution in [0.15, 0.2) is 0 Å². The Kier molecular flexibility index (Phi) is 4.16. The summed E-state index contributed by atoms with van der Waals surface area (Å²) in [6.45, 7) is 9.41. The lowest BCUT2D eigenvalue weighted by molar-refractivity contribution is 0.0502. The molecule has 3 nitrogen and oxygen atoms in total. The first-order valence-corrected chi connectivity index (χ1v) is 8.25. The molecule has 3 aliphatic rings. The Bertz CT molecular complexity index is 295. The van der Waals surface area contributed by atoms with Crippen LogP contribution in [0.1, 0.15) is 52.4 Å². The second-order valence-electron chi connectivity index (χ2n) is 7.36. The molecule has 0 spiro atoms. The number of nitrogens with one attached hydrogen (secondary N) is 1. The number of rotatable bonds is 5. The molecule has 1 aliphatic carbocycles. The number of hydrogen-bond donors (Lipinski definition) is 1. The Morgan fingerprint density at radius 2 is 2.11 bits per heavy atom. The van der Waals surface area contributed by atoms with E-state index in [1.807, 2.05) is 0 Å². The first-order valence-electron chi connectivity index (χ1n) is 8.25. The van der Waals surface area contributed by atoms with Gasteiger partial charge in [-0.25, -0.2) is 0 Å². The maximum atomic E-state index is 5.73. The third-order valence-corrected chi connectivity index (χ3v) is 5.24. The van der Waals surface area contributed by atoms with Crippen LogP contribution < -0.4 is 5.32 Å². The molecule has 2 aliphatic heterocycles. The van der Waals surface area contributed by atoms with Crippen LogP contribution in [0, 0.1) is 5.92 Å². The zero-order valence-corrected chi connectivity index (χ0v) is 12.7. The maximum absolute atomic E-state index is 5.73. The lowest BCUT2D eigenvalue weighted by Gasteiger charge is -2.46. The molecule has 19 heavy (non-hydrogen) atoms. The average molecular weight is 266 g/mol. The van der Waals surface area contributed by atoms with Gasteiger partial charge in [0, 0.05) is 31.3 Å². The summed E-state index contributed by atoms with van der Waals surface area (Å²) in [6, 6.07) is 0.760. The molecular weight excluding hydrogens is 236 g/mol. The molecule has 3 rings (SSSR count). The minimum Gasteiger partial charge on any atom is -0.378 e.